The highest BCUT2D eigenvalue weighted by Gasteiger charge is 2.06. The summed E-state index contributed by atoms with van der Waals surface area (Å²) in [6, 6.07) is 8.02. The molecule has 1 aromatic heterocycles. The number of aromatic nitrogens is 2. The van der Waals surface area contributed by atoms with Gasteiger partial charge in [-0.3, -0.25) is 4.68 Å². The summed E-state index contributed by atoms with van der Waals surface area (Å²) in [5.41, 5.74) is 1.84. The summed E-state index contributed by atoms with van der Waals surface area (Å²) in [5.74, 6) is 0.385. The van der Waals surface area contributed by atoms with Crippen LogP contribution in [0.3, 0.4) is 0 Å². The third kappa shape index (κ3) is 3.11. The minimum atomic E-state index is 0.296. The molecule has 0 bridgehead atoms. The molecule has 1 aromatic carbocycles. The van der Waals surface area contributed by atoms with Crippen molar-refractivity contribution in [1.82, 2.24) is 15.1 Å². The smallest absolute Gasteiger partial charge is 0.122 e. The molecule has 0 aliphatic rings. The van der Waals surface area contributed by atoms with E-state index in [9.17, 15) is 5.11 Å². The number of benzene rings is 1. The maximum absolute atomic E-state index is 9.91. The molecule has 0 amide bonds. The maximum Gasteiger partial charge on any atom is 0.122 e. The van der Waals surface area contributed by atoms with Gasteiger partial charge >= 0.3 is 0 Å². The Bertz CT molecular complexity index is 494. The lowest BCUT2D eigenvalue weighted by Gasteiger charge is -2.15. The number of aromatic hydroxyl groups is 1. The topological polar surface area (TPSA) is 50.1 Å². The van der Waals surface area contributed by atoms with Crippen molar-refractivity contribution in [3.8, 4) is 5.75 Å². The van der Waals surface area contributed by atoms with Gasteiger partial charge in [0, 0.05) is 30.5 Å². The summed E-state index contributed by atoms with van der Waals surface area (Å²) in [7, 11) is 0. The van der Waals surface area contributed by atoms with E-state index in [1.165, 1.54) is 0 Å². The van der Waals surface area contributed by atoms with E-state index in [0.717, 1.165) is 17.7 Å². The summed E-state index contributed by atoms with van der Waals surface area (Å²) in [5, 5.41) is 17.5. The van der Waals surface area contributed by atoms with Crippen molar-refractivity contribution in [1.29, 1.82) is 0 Å². The van der Waals surface area contributed by atoms with Crippen LogP contribution in [0.2, 0.25) is 0 Å². The largest absolute Gasteiger partial charge is 0.507 e. The molecule has 2 aromatic rings. The van der Waals surface area contributed by atoms with Gasteiger partial charge in [0.2, 0.25) is 0 Å². The lowest BCUT2D eigenvalue weighted by atomic mass is 10.1. The molecular formula is C14H19N3O. The molecule has 4 heteroatoms. The molecule has 0 saturated carbocycles. The Balaban J connectivity index is 1.89. The van der Waals surface area contributed by atoms with Crippen LogP contribution in [0.5, 0.6) is 5.75 Å². The van der Waals surface area contributed by atoms with Gasteiger partial charge in [0.05, 0.1) is 6.54 Å². The van der Waals surface area contributed by atoms with Gasteiger partial charge in [0.25, 0.3) is 0 Å². The number of aryl methyl sites for hydroxylation is 1. The SMILES string of the molecule is Cc1cccc(CNC(C)Cn2cccn2)c1O. The predicted molar refractivity (Wildman–Crippen MR) is 71.4 cm³/mol. The van der Waals surface area contributed by atoms with Crippen LogP contribution in [0.15, 0.2) is 36.7 Å². The number of nitrogens with zero attached hydrogens (tertiary/aromatic N) is 2. The number of para-hydroxylation sites is 1. The van der Waals surface area contributed by atoms with Crippen molar-refractivity contribution in [3.05, 3.63) is 47.8 Å². The van der Waals surface area contributed by atoms with Crippen molar-refractivity contribution in [2.45, 2.75) is 33.0 Å². The van der Waals surface area contributed by atoms with E-state index in [1.54, 1.807) is 6.20 Å². The molecule has 1 atom stereocenters. The average molecular weight is 245 g/mol. The second-order valence-corrected chi connectivity index (χ2v) is 4.59. The first-order valence-corrected chi connectivity index (χ1v) is 6.15. The molecule has 0 aliphatic carbocycles. The molecule has 0 spiro atoms. The molecule has 96 valence electrons. The van der Waals surface area contributed by atoms with E-state index in [-0.39, 0.29) is 0 Å². The highest BCUT2D eigenvalue weighted by Crippen LogP contribution is 2.21. The Hall–Kier alpha value is -1.81. The van der Waals surface area contributed by atoms with Crippen LogP contribution in [-0.2, 0) is 13.1 Å². The van der Waals surface area contributed by atoms with Gasteiger partial charge in [0.1, 0.15) is 5.75 Å². The molecule has 0 aliphatic heterocycles. The zero-order chi connectivity index (χ0) is 13.0. The quantitative estimate of drug-likeness (QED) is 0.848. The van der Waals surface area contributed by atoms with E-state index in [4.69, 9.17) is 0 Å². The molecular weight excluding hydrogens is 226 g/mol. The van der Waals surface area contributed by atoms with Crippen LogP contribution in [0.25, 0.3) is 0 Å². The summed E-state index contributed by atoms with van der Waals surface area (Å²) >= 11 is 0. The molecule has 1 heterocycles. The van der Waals surface area contributed by atoms with Gasteiger partial charge in [0.15, 0.2) is 0 Å². The van der Waals surface area contributed by atoms with Crippen molar-refractivity contribution in [3.63, 3.8) is 0 Å². The second-order valence-electron chi connectivity index (χ2n) is 4.59. The van der Waals surface area contributed by atoms with Crippen LogP contribution < -0.4 is 5.32 Å². The molecule has 0 radical (unpaired) electrons. The molecule has 0 saturated heterocycles. The molecule has 18 heavy (non-hydrogen) atoms. The van der Waals surface area contributed by atoms with Crippen LogP contribution in [0.4, 0.5) is 0 Å². The van der Waals surface area contributed by atoms with E-state index in [2.05, 4.69) is 17.3 Å². The Kier molecular flexibility index (Phi) is 3.99. The summed E-state index contributed by atoms with van der Waals surface area (Å²) < 4.78 is 1.90. The Morgan fingerprint density at radius 1 is 1.39 bits per heavy atom. The zero-order valence-corrected chi connectivity index (χ0v) is 10.8. The van der Waals surface area contributed by atoms with Crippen LogP contribution in [0, 0.1) is 6.92 Å². The number of phenols is 1. The van der Waals surface area contributed by atoms with Crippen molar-refractivity contribution in [2.75, 3.05) is 0 Å². The first kappa shape index (κ1) is 12.6. The zero-order valence-electron chi connectivity index (χ0n) is 10.8. The van der Waals surface area contributed by atoms with Crippen molar-refractivity contribution in [2.24, 2.45) is 0 Å². The lowest BCUT2D eigenvalue weighted by Crippen LogP contribution is -2.30. The average Bonchev–Trinajstić information content (AvgIpc) is 2.84. The minimum absolute atomic E-state index is 0.296. The van der Waals surface area contributed by atoms with Gasteiger partial charge in [-0.05, 0) is 25.5 Å². The van der Waals surface area contributed by atoms with E-state index in [1.807, 2.05) is 42.1 Å². The molecule has 4 nitrogen and oxygen atoms in total. The monoisotopic (exact) mass is 245 g/mol. The third-order valence-electron chi connectivity index (χ3n) is 2.98. The van der Waals surface area contributed by atoms with E-state index < -0.39 is 0 Å². The normalized spacial score (nSPS) is 12.6. The Morgan fingerprint density at radius 3 is 2.94 bits per heavy atom. The van der Waals surface area contributed by atoms with Gasteiger partial charge in [-0.25, -0.2) is 0 Å². The van der Waals surface area contributed by atoms with Gasteiger partial charge in [-0.1, -0.05) is 18.2 Å². The lowest BCUT2D eigenvalue weighted by molar-refractivity contribution is 0.433. The maximum atomic E-state index is 9.91. The van der Waals surface area contributed by atoms with Crippen molar-refractivity contribution >= 4 is 0 Å². The Labute approximate surface area is 107 Å². The first-order valence-electron chi connectivity index (χ1n) is 6.15. The highest BCUT2D eigenvalue weighted by atomic mass is 16.3. The van der Waals surface area contributed by atoms with Crippen molar-refractivity contribution < 1.29 is 5.11 Å². The number of phenolic OH excluding ortho intramolecular Hbond substituents is 1. The fraction of sp³-hybridized carbons (Fsp3) is 0.357. The summed E-state index contributed by atoms with van der Waals surface area (Å²) in [6.07, 6.45) is 3.72. The summed E-state index contributed by atoms with van der Waals surface area (Å²) in [6.45, 7) is 5.50. The van der Waals surface area contributed by atoms with E-state index in [0.29, 0.717) is 18.3 Å². The number of nitrogens with one attached hydrogen (secondary N) is 1. The van der Waals surface area contributed by atoms with Crippen LogP contribution in [0.1, 0.15) is 18.1 Å². The number of rotatable bonds is 5. The molecule has 0 fully saturated rings. The standard InChI is InChI=1S/C14H19N3O/c1-11-5-3-6-13(14(11)18)9-15-12(2)10-17-8-4-7-16-17/h3-8,12,15,18H,9-10H2,1-2H3. The first-order chi connectivity index (χ1) is 8.66. The molecule has 2 N–H and O–H groups in total. The summed E-state index contributed by atoms with van der Waals surface area (Å²) in [4.78, 5) is 0. The molecule has 1 unspecified atom stereocenters. The van der Waals surface area contributed by atoms with Gasteiger partial charge in [-0.15, -0.1) is 0 Å². The Morgan fingerprint density at radius 2 is 2.22 bits per heavy atom. The fourth-order valence-electron chi connectivity index (χ4n) is 1.90. The van der Waals surface area contributed by atoms with Gasteiger partial charge in [-0.2, -0.15) is 5.10 Å². The van der Waals surface area contributed by atoms with Gasteiger partial charge < -0.3 is 10.4 Å². The number of hydrogen-bond donors (Lipinski definition) is 2. The number of hydrogen-bond acceptors (Lipinski definition) is 3. The van der Waals surface area contributed by atoms with Crippen LogP contribution in [-0.4, -0.2) is 20.9 Å². The van der Waals surface area contributed by atoms with E-state index >= 15 is 0 Å². The molecule has 2 rings (SSSR count). The third-order valence-corrected chi connectivity index (χ3v) is 2.98. The van der Waals surface area contributed by atoms with Crippen LogP contribution >= 0.6 is 0 Å². The predicted octanol–water partition coefficient (Wildman–Crippen LogP) is 2.08. The fourth-order valence-corrected chi connectivity index (χ4v) is 1.90. The minimum Gasteiger partial charge on any atom is -0.507 e. The second kappa shape index (κ2) is 5.69. The highest BCUT2D eigenvalue weighted by molar-refractivity contribution is 5.39.